The fraction of sp³-hybridized carbons (Fsp3) is 0.389. The van der Waals surface area contributed by atoms with Crippen LogP contribution in [0.2, 0.25) is 0 Å². The van der Waals surface area contributed by atoms with E-state index in [1.165, 1.54) is 0 Å². The number of rotatable bonds is 12. The predicted octanol–water partition coefficient (Wildman–Crippen LogP) is 5.14. The van der Waals surface area contributed by atoms with Gasteiger partial charge in [-0.3, -0.25) is 4.79 Å². The highest BCUT2D eigenvalue weighted by Gasteiger charge is 1.93. The van der Waals surface area contributed by atoms with Crippen LogP contribution >= 0.6 is 0 Å². The van der Waals surface area contributed by atoms with Crippen molar-refractivity contribution in [2.75, 3.05) is 0 Å². The van der Waals surface area contributed by atoms with Crippen LogP contribution in [0, 0.1) is 0 Å². The first-order chi connectivity index (χ1) is 10.3. The standard InChI is InChI=1S/C18H26O3/c1-2-3-4-13-16-21-17-14-11-9-7-5-6-8-10-12-15-18(19)20/h3-6,9,11,13-14,16-17H,2,7-8,10,12,15H2,1H3,(H,19,20). The number of hydrogen-bond acceptors (Lipinski definition) is 2. The lowest BCUT2D eigenvalue weighted by molar-refractivity contribution is -0.137. The lowest BCUT2D eigenvalue weighted by atomic mass is 10.2. The smallest absolute Gasteiger partial charge is 0.303 e. The van der Waals surface area contributed by atoms with E-state index in [1.54, 1.807) is 12.5 Å². The molecule has 21 heavy (non-hydrogen) atoms. The van der Waals surface area contributed by atoms with Gasteiger partial charge in [-0.15, -0.1) is 0 Å². The van der Waals surface area contributed by atoms with Crippen LogP contribution in [0.5, 0.6) is 0 Å². The molecule has 0 unspecified atom stereocenters. The van der Waals surface area contributed by atoms with Gasteiger partial charge in [0.2, 0.25) is 0 Å². The van der Waals surface area contributed by atoms with Gasteiger partial charge in [0.25, 0.3) is 0 Å². The third kappa shape index (κ3) is 18.0. The average Bonchev–Trinajstić information content (AvgIpc) is 2.46. The van der Waals surface area contributed by atoms with Crippen LogP contribution in [0.25, 0.3) is 0 Å². The topological polar surface area (TPSA) is 46.5 Å². The van der Waals surface area contributed by atoms with Crippen molar-refractivity contribution in [1.29, 1.82) is 0 Å². The van der Waals surface area contributed by atoms with Gasteiger partial charge in [0, 0.05) is 6.42 Å². The van der Waals surface area contributed by atoms with Crippen LogP contribution < -0.4 is 0 Å². The van der Waals surface area contributed by atoms with E-state index in [4.69, 9.17) is 9.84 Å². The Balaban J connectivity index is 3.48. The molecule has 0 aliphatic carbocycles. The van der Waals surface area contributed by atoms with Gasteiger partial charge in [-0.25, -0.2) is 0 Å². The molecule has 3 nitrogen and oxygen atoms in total. The number of ether oxygens (including phenoxy) is 1. The van der Waals surface area contributed by atoms with Gasteiger partial charge in [0.05, 0.1) is 12.5 Å². The maximum absolute atomic E-state index is 10.3. The number of allylic oxidation sites excluding steroid dienone is 8. The maximum atomic E-state index is 10.3. The van der Waals surface area contributed by atoms with Crippen molar-refractivity contribution in [2.45, 2.75) is 45.4 Å². The molecule has 0 aliphatic heterocycles. The fourth-order valence-electron chi connectivity index (χ4n) is 1.43. The third-order valence-electron chi connectivity index (χ3n) is 2.49. The zero-order chi connectivity index (χ0) is 15.6. The first-order valence-corrected chi connectivity index (χ1v) is 7.43. The summed E-state index contributed by atoms with van der Waals surface area (Å²) in [6.07, 6.45) is 23.9. The number of carboxylic acid groups (broad SMARTS) is 1. The summed E-state index contributed by atoms with van der Waals surface area (Å²) in [5.74, 6) is -0.716. The van der Waals surface area contributed by atoms with Crippen LogP contribution in [0.3, 0.4) is 0 Å². The SMILES string of the molecule is CCC=CC=COC=CC=CCC=CCCCCC(=O)O. The van der Waals surface area contributed by atoms with Crippen molar-refractivity contribution in [3.8, 4) is 0 Å². The second-order valence-electron chi connectivity index (χ2n) is 4.40. The number of hydrogen-bond donors (Lipinski definition) is 1. The molecule has 0 saturated carbocycles. The van der Waals surface area contributed by atoms with Crippen LogP contribution in [0.1, 0.15) is 45.4 Å². The Morgan fingerprint density at radius 2 is 1.67 bits per heavy atom. The number of unbranched alkanes of at least 4 members (excludes halogenated alkanes) is 2. The molecule has 0 radical (unpaired) electrons. The molecule has 116 valence electrons. The molecule has 0 rings (SSSR count). The van der Waals surface area contributed by atoms with Crippen molar-refractivity contribution in [3.05, 3.63) is 61.1 Å². The summed E-state index contributed by atoms with van der Waals surface area (Å²) in [7, 11) is 0. The summed E-state index contributed by atoms with van der Waals surface area (Å²) >= 11 is 0. The highest BCUT2D eigenvalue weighted by molar-refractivity contribution is 5.66. The maximum Gasteiger partial charge on any atom is 0.303 e. The lowest BCUT2D eigenvalue weighted by Crippen LogP contribution is -1.92. The van der Waals surface area contributed by atoms with Crippen molar-refractivity contribution < 1.29 is 14.6 Å². The number of aliphatic carboxylic acids is 1. The molecule has 1 N–H and O–H groups in total. The number of carbonyl (C=O) groups is 1. The Morgan fingerprint density at radius 1 is 0.952 bits per heavy atom. The number of carboxylic acids is 1. The van der Waals surface area contributed by atoms with Gasteiger partial charge >= 0.3 is 5.97 Å². The molecule has 0 fully saturated rings. The first kappa shape index (κ1) is 19.0. The summed E-state index contributed by atoms with van der Waals surface area (Å²) in [6, 6.07) is 0. The summed E-state index contributed by atoms with van der Waals surface area (Å²) in [5, 5.41) is 8.48. The lowest BCUT2D eigenvalue weighted by Gasteiger charge is -1.92. The van der Waals surface area contributed by atoms with Gasteiger partial charge in [-0.1, -0.05) is 43.4 Å². The third-order valence-corrected chi connectivity index (χ3v) is 2.49. The molecule has 0 aromatic rings. The zero-order valence-electron chi connectivity index (χ0n) is 12.8. The van der Waals surface area contributed by atoms with Crippen LogP contribution in [-0.2, 0) is 9.53 Å². The van der Waals surface area contributed by atoms with Gasteiger partial charge < -0.3 is 9.84 Å². The second-order valence-corrected chi connectivity index (χ2v) is 4.40. The minimum absolute atomic E-state index is 0.265. The van der Waals surface area contributed by atoms with Crippen molar-refractivity contribution in [1.82, 2.24) is 0 Å². The van der Waals surface area contributed by atoms with E-state index < -0.39 is 5.97 Å². The Hall–Kier alpha value is -2.03. The zero-order valence-corrected chi connectivity index (χ0v) is 12.8. The summed E-state index contributed by atoms with van der Waals surface area (Å²) in [5.41, 5.74) is 0. The molecule has 0 heterocycles. The molecule has 0 aliphatic rings. The van der Waals surface area contributed by atoms with Crippen molar-refractivity contribution in [3.63, 3.8) is 0 Å². The highest BCUT2D eigenvalue weighted by Crippen LogP contribution is 2.01. The first-order valence-electron chi connectivity index (χ1n) is 7.43. The largest absolute Gasteiger partial charge is 0.481 e. The Labute approximate surface area is 128 Å². The summed E-state index contributed by atoms with van der Waals surface area (Å²) in [6.45, 7) is 2.08. The molecular formula is C18H26O3. The van der Waals surface area contributed by atoms with E-state index in [9.17, 15) is 4.79 Å². The molecule has 3 heteroatoms. The van der Waals surface area contributed by atoms with E-state index in [0.29, 0.717) is 0 Å². The predicted molar refractivity (Wildman–Crippen MR) is 87.8 cm³/mol. The minimum atomic E-state index is -0.716. The van der Waals surface area contributed by atoms with E-state index in [0.717, 1.165) is 32.1 Å². The fourth-order valence-corrected chi connectivity index (χ4v) is 1.43. The van der Waals surface area contributed by atoms with Crippen LogP contribution in [-0.4, -0.2) is 11.1 Å². The van der Waals surface area contributed by atoms with Crippen molar-refractivity contribution >= 4 is 5.97 Å². The average molecular weight is 290 g/mol. The monoisotopic (exact) mass is 290 g/mol. The molecule has 0 amide bonds. The van der Waals surface area contributed by atoms with Gasteiger partial charge in [-0.2, -0.15) is 0 Å². The Kier molecular flexibility index (Phi) is 14.5. The normalized spacial score (nSPS) is 12.6. The quantitative estimate of drug-likeness (QED) is 0.234. The van der Waals surface area contributed by atoms with E-state index >= 15 is 0 Å². The molecule has 0 atom stereocenters. The Bertz CT molecular complexity index is 387. The molecule has 0 aromatic heterocycles. The summed E-state index contributed by atoms with van der Waals surface area (Å²) < 4.78 is 5.14. The minimum Gasteiger partial charge on any atom is -0.481 e. The molecular weight excluding hydrogens is 264 g/mol. The molecule has 0 saturated heterocycles. The van der Waals surface area contributed by atoms with Crippen LogP contribution in [0.15, 0.2) is 61.1 Å². The highest BCUT2D eigenvalue weighted by atomic mass is 16.5. The van der Waals surface area contributed by atoms with E-state index in [-0.39, 0.29) is 6.42 Å². The van der Waals surface area contributed by atoms with E-state index in [2.05, 4.69) is 25.2 Å². The van der Waals surface area contributed by atoms with Gasteiger partial charge in [0.15, 0.2) is 0 Å². The van der Waals surface area contributed by atoms with Gasteiger partial charge in [0.1, 0.15) is 0 Å². The Morgan fingerprint density at radius 3 is 2.33 bits per heavy atom. The second kappa shape index (κ2) is 16.0. The summed E-state index contributed by atoms with van der Waals surface area (Å²) in [4.78, 5) is 10.3. The van der Waals surface area contributed by atoms with Gasteiger partial charge in [-0.05, 0) is 44.3 Å². The molecule has 0 spiro atoms. The van der Waals surface area contributed by atoms with Crippen molar-refractivity contribution in [2.24, 2.45) is 0 Å². The molecule has 0 aromatic carbocycles. The van der Waals surface area contributed by atoms with E-state index in [1.807, 2.05) is 30.4 Å². The molecule has 0 bridgehead atoms. The van der Waals surface area contributed by atoms with Crippen LogP contribution in [0.4, 0.5) is 0 Å².